The molecule has 0 radical (unpaired) electrons. The highest BCUT2D eigenvalue weighted by Crippen LogP contribution is 2.19. The molecule has 0 aliphatic heterocycles. The zero-order valence-electron chi connectivity index (χ0n) is 11.5. The van der Waals surface area contributed by atoms with Crippen molar-refractivity contribution in [2.24, 2.45) is 5.92 Å². The zero-order valence-corrected chi connectivity index (χ0v) is 12.3. The van der Waals surface area contributed by atoms with Crippen molar-refractivity contribution in [2.45, 2.75) is 38.6 Å². The van der Waals surface area contributed by atoms with Crippen molar-refractivity contribution < 1.29 is 9.90 Å². The molecule has 0 unspecified atom stereocenters. The van der Waals surface area contributed by atoms with Crippen LogP contribution in [0, 0.1) is 5.92 Å². The fraction of sp³-hybridized carbons (Fsp3) is 0.615. The number of aliphatic hydroxyl groups excluding tert-OH is 1. The summed E-state index contributed by atoms with van der Waals surface area (Å²) < 4.78 is 0. The van der Waals surface area contributed by atoms with Gasteiger partial charge in [0.2, 0.25) is 5.13 Å². The van der Waals surface area contributed by atoms with Crippen molar-refractivity contribution in [3.05, 3.63) is 17.2 Å². The maximum atomic E-state index is 11.8. The number of rotatable bonds is 6. The first-order valence-electron chi connectivity index (χ1n) is 6.90. The molecule has 2 amide bonds. The first-order chi connectivity index (χ1) is 9.71. The van der Waals surface area contributed by atoms with Crippen molar-refractivity contribution in [1.29, 1.82) is 0 Å². The highest BCUT2D eigenvalue weighted by molar-refractivity contribution is 7.15. The number of aromatic nitrogens is 2. The van der Waals surface area contributed by atoms with Crippen LogP contribution < -0.4 is 10.6 Å². The normalized spacial score (nSPS) is 21.1. The van der Waals surface area contributed by atoms with Gasteiger partial charge in [0.25, 0.3) is 0 Å². The van der Waals surface area contributed by atoms with E-state index in [0.717, 1.165) is 30.7 Å². The van der Waals surface area contributed by atoms with Gasteiger partial charge >= 0.3 is 6.03 Å². The van der Waals surface area contributed by atoms with Crippen LogP contribution in [-0.4, -0.2) is 34.0 Å². The third kappa shape index (κ3) is 4.28. The molecule has 0 saturated heterocycles. The fourth-order valence-corrected chi connectivity index (χ4v) is 2.83. The molecule has 3 N–H and O–H groups in total. The summed E-state index contributed by atoms with van der Waals surface area (Å²) in [5, 5.41) is 24.0. The van der Waals surface area contributed by atoms with E-state index in [0.29, 0.717) is 5.13 Å². The van der Waals surface area contributed by atoms with Crippen LogP contribution in [-0.2, 0) is 6.42 Å². The fourth-order valence-electron chi connectivity index (χ4n) is 2.05. The number of amides is 2. The molecule has 20 heavy (non-hydrogen) atoms. The number of nitrogens with one attached hydrogen (secondary N) is 2. The van der Waals surface area contributed by atoms with Gasteiger partial charge in [-0.05, 0) is 12.8 Å². The Labute approximate surface area is 122 Å². The molecular formula is C13H20N4O2S. The lowest BCUT2D eigenvalue weighted by Crippen LogP contribution is -2.36. The quantitative estimate of drug-likeness (QED) is 0.700. The number of hydrogen-bond donors (Lipinski definition) is 3. The topological polar surface area (TPSA) is 87.1 Å². The van der Waals surface area contributed by atoms with E-state index in [9.17, 15) is 4.79 Å². The van der Waals surface area contributed by atoms with Gasteiger partial charge in [-0.1, -0.05) is 36.8 Å². The number of nitrogens with zero attached hydrogens (tertiary/aromatic N) is 2. The molecule has 0 saturated carbocycles. The monoisotopic (exact) mass is 296 g/mol. The predicted molar refractivity (Wildman–Crippen MR) is 78.8 cm³/mol. The van der Waals surface area contributed by atoms with Crippen LogP contribution in [0.4, 0.5) is 9.93 Å². The lowest BCUT2D eigenvalue weighted by Gasteiger charge is -2.12. The first-order valence-corrected chi connectivity index (χ1v) is 7.72. The van der Waals surface area contributed by atoms with Gasteiger partial charge < -0.3 is 10.4 Å². The molecule has 1 aromatic rings. The Balaban J connectivity index is 1.77. The van der Waals surface area contributed by atoms with Crippen molar-refractivity contribution >= 4 is 22.5 Å². The van der Waals surface area contributed by atoms with Crippen LogP contribution in [0.3, 0.4) is 0 Å². The molecule has 7 heteroatoms. The second kappa shape index (κ2) is 7.35. The van der Waals surface area contributed by atoms with Gasteiger partial charge in [0, 0.05) is 25.0 Å². The molecule has 110 valence electrons. The average molecular weight is 296 g/mol. The Morgan fingerprint density at radius 1 is 1.50 bits per heavy atom. The highest BCUT2D eigenvalue weighted by atomic mass is 32.1. The molecule has 1 aliphatic carbocycles. The summed E-state index contributed by atoms with van der Waals surface area (Å²) in [6, 6.07) is -0.309. The minimum atomic E-state index is -0.281. The lowest BCUT2D eigenvalue weighted by atomic mass is 10.1. The molecule has 0 spiro atoms. The Hall–Kier alpha value is -1.47. The van der Waals surface area contributed by atoms with Crippen molar-refractivity contribution in [2.75, 3.05) is 11.9 Å². The molecule has 1 aliphatic rings. The second-order valence-electron chi connectivity index (χ2n) is 4.87. The third-order valence-electron chi connectivity index (χ3n) is 3.15. The van der Waals surface area contributed by atoms with Gasteiger partial charge in [0.1, 0.15) is 5.01 Å². The highest BCUT2D eigenvalue weighted by Gasteiger charge is 2.20. The largest absolute Gasteiger partial charge is 0.396 e. The summed E-state index contributed by atoms with van der Waals surface area (Å²) in [5.41, 5.74) is 0. The molecular weight excluding hydrogens is 276 g/mol. The number of carbonyl (C=O) groups excluding carboxylic acids is 1. The summed E-state index contributed by atoms with van der Waals surface area (Å²) in [7, 11) is 0. The molecule has 0 fully saturated rings. The number of carbonyl (C=O) groups is 1. The summed E-state index contributed by atoms with van der Waals surface area (Å²) in [5.74, 6) is 0.141. The van der Waals surface area contributed by atoms with Crippen LogP contribution in [0.15, 0.2) is 12.2 Å². The predicted octanol–water partition coefficient (Wildman–Crippen LogP) is 1.94. The molecule has 1 aromatic heterocycles. The van der Waals surface area contributed by atoms with Crippen molar-refractivity contribution in [1.82, 2.24) is 15.5 Å². The van der Waals surface area contributed by atoms with Gasteiger partial charge in [0.05, 0.1) is 0 Å². The van der Waals surface area contributed by atoms with Crippen molar-refractivity contribution in [3.8, 4) is 0 Å². The Morgan fingerprint density at radius 2 is 2.35 bits per heavy atom. The van der Waals surface area contributed by atoms with Crippen LogP contribution in [0.25, 0.3) is 0 Å². The number of aliphatic hydroxyl groups is 1. The number of urea groups is 1. The number of aryl methyl sites for hydroxylation is 1. The zero-order chi connectivity index (χ0) is 14.4. The molecule has 1 heterocycles. The number of anilines is 1. The maximum Gasteiger partial charge on any atom is 0.321 e. The van der Waals surface area contributed by atoms with Gasteiger partial charge in [-0.3, -0.25) is 5.32 Å². The van der Waals surface area contributed by atoms with E-state index in [1.807, 2.05) is 12.2 Å². The molecule has 2 atom stereocenters. The standard InChI is InChI=1S/C13H20N4O2S/c1-2-3-4-11-16-17-13(20-11)15-12(19)14-10-6-5-9(7-10)8-18/h5-6,9-10,18H,2-4,7-8H2,1H3,(H2,14,15,17,19)/t9-,10+/m0/s1. The minimum absolute atomic E-state index is 0.0281. The van der Waals surface area contributed by atoms with E-state index in [1.54, 1.807) is 0 Å². The minimum Gasteiger partial charge on any atom is -0.396 e. The van der Waals surface area contributed by atoms with Crippen LogP contribution >= 0.6 is 11.3 Å². The van der Waals surface area contributed by atoms with E-state index in [4.69, 9.17) is 5.11 Å². The van der Waals surface area contributed by atoms with Crippen LogP contribution in [0.2, 0.25) is 0 Å². The molecule has 6 nitrogen and oxygen atoms in total. The van der Waals surface area contributed by atoms with Gasteiger partial charge in [-0.25, -0.2) is 4.79 Å². The molecule has 0 aromatic carbocycles. The Morgan fingerprint density at radius 3 is 3.05 bits per heavy atom. The van der Waals surface area contributed by atoms with Crippen LogP contribution in [0.5, 0.6) is 0 Å². The van der Waals surface area contributed by atoms with Gasteiger partial charge in [0.15, 0.2) is 0 Å². The second-order valence-corrected chi connectivity index (χ2v) is 5.93. The van der Waals surface area contributed by atoms with Gasteiger partial charge in [-0.2, -0.15) is 0 Å². The summed E-state index contributed by atoms with van der Waals surface area (Å²) in [6.07, 6.45) is 7.67. The van der Waals surface area contributed by atoms with E-state index >= 15 is 0 Å². The van der Waals surface area contributed by atoms with Gasteiger partial charge in [-0.15, -0.1) is 10.2 Å². The average Bonchev–Trinajstić information content (AvgIpc) is 3.05. The SMILES string of the molecule is CCCCc1nnc(NC(=O)N[C@@H]2C=C[C@H](CO)C2)s1. The lowest BCUT2D eigenvalue weighted by molar-refractivity contribution is 0.238. The Bertz CT molecular complexity index is 475. The van der Waals surface area contributed by atoms with Crippen molar-refractivity contribution in [3.63, 3.8) is 0 Å². The number of unbranched alkanes of at least 4 members (excludes halogenated alkanes) is 1. The molecule has 2 rings (SSSR count). The van der Waals surface area contributed by atoms with E-state index in [2.05, 4.69) is 27.8 Å². The summed E-state index contributed by atoms with van der Waals surface area (Å²) >= 11 is 1.41. The van der Waals surface area contributed by atoms with E-state index < -0.39 is 0 Å². The van der Waals surface area contributed by atoms with Crippen LogP contribution in [0.1, 0.15) is 31.2 Å². The third-order valence-corrected chi connectivity index (χ3v) is 4.05. The summed E-state index contributed by atoms with van der Waals surface area (Å²) in [4.78, 5) is 11.8. The smallest absolute Gasteiger partial charge is 0.321 e. The Kier molecular flexibility index (Phi) is 5.49. The maximum absolute atomic E-state index is 11.8. The van der Waals surface area contributed by atoms with E-state index in [1.165, 1.54) is 11.3 Å². The summed E-state index contributed by atoms with van der Waals surface area (Å²) in [6.45, 7) is 2.25. The van der Waals surface area contributed by atoms with E-state index in [-0.39, 0.29) is 24.6 Å². The number of hydrogen-bond acceptors (Lipinski definition) is 5. The molecule has 0 bridgehead atoms. The first kappa shape index (κ1) is 14.9.